The lowest BCUT2D eigenvalue weighted by atomic mass is 10.3. The molecule has 4 heteroatoms. The average molecular weight is 203 g/mol. The molecule has 4 nitrogen and oxygen atoms in total. The largest absolute Gasteiger partial charge is 0.394 e. The van der Waals surface area contributed by atoms with Gasteiger partial charge in [-0.3, -0.25) is 0 Å². The number of fused-ring (bicyclic) bond motifs is 1. The lowest BCUT2D eigenvalue weighted by Crippen LogP contribution is -2.26. The van der Waals surface area contributed by atoms with E-state index in [4.69, 9.17) is 0 Å². The second kappa shape index (κ2) is 2.97. The monoisotopic (exact) mass is 203 g/mol. The van der Waals surface area contributed by atoms with E-state index < -0.39 is 0 Å². The first-order chi connectivity index (χ1) is 7.31. The van der Waals surface area contributed by atoms with Crippen molar-refractivity contribution in [2.45, 2.75) is 18.4 Å². The van der Waals surface area contributed by atoms with Crippen molar-refractivity contribution in [2.24, 2.45) is 0 Å². The number of aromatic nitrogens is 2. The summed E-state index contributed by atoms with van der Waals surface area (Å²) in [6, 6.07) is 7.90. The Labute approximate surface area is 87.3 Å². The van der Waals surface area contributed by atoms with E-state index >= 15 is 0 Å². The van der Waals surface area contributed by atoms with E-state index in [0.717, 1.165) is 29.8 Å². The maximum Gasteiger partial charge on any atom is 0.201 e. The number of aliphatic hydroxyl groups is 1. The van der Waals surface area contributed by atoms with Crippen molar-refractivity contribution in [2.75, 3.05) is 11.9 Å². The van der Waals surface area contributed by atoms with Gasteiger partial charge in [-0.05, 0) is 25.0 Å². The fraction of sp³-hybridized carbons (Fsp3) is 0.364. The molecule has 1 heterocycles. The van der Waals surface area contributed by atoms with Crippen LogP contribution in [0.5, 0.6) is 0 Å². The minimum atomic E-state index is -0.117. The number of nitrogens with zero attached hydrogens (tertiary/aromatic N) is 1. The van der Waals surface area contributed by atoms with Gasteiger partial charge >= 0.3 is 0 Å². The van der Waals surface area contributed by atoms with Gasteiger partial charge in [-0.15, -0.1) is 0 Å². The van der Waals surface area contributed by atoms with E-state index in [-0.39, 0.29) is 12.1 Å². The summed E-state index contributed by atoms with van der Waals surface area (Å²) in [5.41, 5.74) is 1.86. The SMILES string of the molecule is OCC1(Nc2nc3ccccc3[nH]2)CC1. The van der Waals surface area contributed by atoms with Crippen LogP contribution in [-0.2, 0) is 0 Å². The molecule has 78 valence electrons. The van der Waals surface area contributed by atoms with E-state index in [1.54, 1.807) is 0 Å². The highest BCUT2D eigenvalue weighted by molar-refractivity contribution is 5.77. The number of hydrogen-bond donors (Lipinski definition) is 3. The topological polar surface area (TPSA) is 60.9 Å². The van der Waals surface area contributed by atoms with Gasteiger partial charge in [-0.2, -0.15) is 0 Å². The molecule has 2 aromatic rings. The smallest absolute Gasteiger partial charge is 0.201 e. The van der Waals surface area contributed by atoms with Gasteiger partial charge in [0.25, 0.3) is 0 Å². The van der Waals surface area contributed by atoms with Crippen LogP contribution in [-0.4, -0.2) is 27.2 Å². The number of anilines is 1. The second-order valence-electron chi connectivity index (χ2n) is 4.17. The third-order valence-electron chi connectivity index (χ3n) is 2.93. The number of para-hydroxylation sites is 2. The molecule has 1 aliphatic rings. The normalized spacial score (nSPS) is 17.9. The quantitative estimate of drug-likeness (QED) is 0.708. The highest BCUT2D eigenvalue weighted by Gasteiger charge is 2.42. The maximum absolute atomic E-state index is 9.19. The van der Waals surface area contributed by atoms with Crippen molar-refractivity contribution >= 4 is 17.0 Å². The summed E-state index contributed by atoms with van der Waals surface area (Å²) >= 11 is 0. The van der Waals surface area contributed by atoms with E-state index in [1.165, 1.54) is 0 Å². The van der Waals surface area contributed by atoms with Crippen LogP contribution in [0.2, 0.25) is 0 Å². The lowest BCUT2D eigenvalue weighted by Gasteiger charge is -2.12. The molecule has 1 fully saturated rings. The Kier molecular flexibility index (Phi) is 1.73. The van der Waals surface area contributed by atoms with Gasteiger partial charge in [0.2, 0.25) is 5.95 Å². The Bertz CT molecular complexity index is 454. The molecule has 1 aromatic carbocycles. The Hall–Kier alpha value is -1.55. The van der Waals surface area contributed by atoms with Gasteiger partial charge in [-0.25, -0.2) is 4.98 Å². The zero-order chi connectivity index (χ0) is 10.3. The minimum absolute atomic E-state index is 0.117. The molecule has 0 atom stereocenters. The standard InChI is InChI=1S/C11H13N3O/c15-7-11(5-6-11)14-10-12-8-3-1-2-4-9(8)13-10/h1-4,15H,5-7H2,(H2,12,13,14). The molecule has 0 unspecified atom stereocenters. The number of benzene rings is 1. The number of H-pyrrole nitrogens is 1. The summed E-state index contributed by atoms with van der Waals surface area (Å²) in [5.74, 6) is 0.753. The summed E-state index contributed by atoms with van der Waals surface area (Å²) in [7, 11) is 0. The number of hydrogen-bond acceptors (Lipinski definition) is 3. The predicted octanol–water partition coefficient (Wildman–Crippen LogP) is 1.50. The number of aromatic amines is 1. The number of nitrogens with one attached hydrogen (secondary N) is 2. The average Bonchev–Trinajstić information content (AvgIpc) is 2.91. The Morgan fingerprint density at radius 2 is 2.20 bits per heavy atom. The molecule has 15 heavy (non-hydrogen) atoms. The zero-order valence-electron chi connectivity index (χ0n) is 8.33. The molecular formula is C11H13N3O. The molecule has 1 aliphatic carbocycles. The third-order valence-corrected chi connectivity index (χ3v) is 2.93. The van der Waals surface area contributed by atoms with Gasteiger partial charge in [0, 0.05) is 0 Å². The van der Waals surface area contributed by atoms with E-state index in [1.807, 2.05) is 24.3 Å². The molecule has 1 saturated carbocycles. The third kappa shape index (κ3) is 1.47. The summed E-state index contributed by atoms with van der Waals surface area (Å²) in [4.78, 5) is 7.60. The molecule has 0 saturated heterocycles. The highest BCUT2D eigenvalue weighted by atomic mass is 16.3. The van der Waals surface area contributed by atoms with Crippen LogP contribution < -0.4 is 5.32 Å². The maximum atomic E-state index is 9.19. The van der Waals surface area contributed by atoms with Crippen molar-refractivity contribution in [3.63, 3.8) is 0 Å². The van der Waals surface area contributed by atoms with Crippen LogP contribution in [0.3, 0.4) is 0 Å². The fourth-order valence-corrected chi connectivity index (χ4v) is 1.74. The van der Waals surface area contributed by atoms with Crippen LogP contribution >= 0.6 is 0 Å². The lowest BCUT2D eigenvalue weighted by molar-refractivity contribution is 0.265. The predicted molar refractivity (Wildman–Crippen MR) is 58.8 cm³/mol. The summed E-state index contributed by atoms with van der Waals surface area (Å²) in [6.45, 7) is 0.171. The van der Waals surface area contributed by atoms with Crippen molar-refractivity contribution in [3.05, 3.63) is 24.3 Å². The van der Waals surface area contributed by atoms with Crippen LogP contribution in [0.25, 0.3) is 11.0 Å². The van der Waals surface area contributed by atoms with Gasteiger partial charge < -0.3 is 15.4 Å². The molecule has 1 aromatic heterocycles. The van der Waals surface area contributed by atoms with E-state index in [2.05, 4.69) is 15.3 Å². The molecule has 0 amide bonds. The number of rotatable bonds is 3. The van der Waals surface area contributed by atoms with Crippen LogP contribution in [0, 0.1) is 0 Å². The van der Waals surface area contributed by atoms with Gasteiger partial charge in [0.1, 0.15) is 0 Å². The molecule has 0 bridgehead atoms. The summed E-state index contributed by atoms with van der Waals surface area (Å²) in [6.07, 6.45) is 2.03. The van der Waals surface area contributed by atoms with Gasteiger partial charge in [0.15, 0.2) is 0 Å². The van der Waals surface area contributed by atoms with Crippen molar-refractivity contribution < 1.29 is 5.11 Å². The number of imidazole rings is 1. The first-order valence-corrected chi connectivity index (χ1v) is 5.15. The first-order valence-electron chi connectivity index (χ1n) is 5.15. The van der Waals surface area contributed by atoms with Crippen molar-refractivity contribution in [3.8, 4) is 0 Å². The molecule has 0 aliphatic heterocycles. The molecule has 3 rings (SSSR count). The molecule has 3 N–H and O–H groups in total. The van der Waals surface area contributed by atoms with Crippen molar-refractivity contribution in [1.29, 1.82) is 0 Å². The molecule has 0 spiro atoms. The molecule has 0 radical (unpaired) electrons. The number of aliphatic hydroxyl groups excluding tert-OH is 1. The van der Waals surface area contributed by atoms with Gasteiger partial charge in [-0.1, -0.05) is 12.1 Å². The van der Waals surface area contributed by atoms with Crippen LogP contribution in [0.15, 0.2) is 24.3 Å². The first kappa shape index (κ1) is 8.73. The van der Waals surface area contributed by atoms with Crippen LogP contribution in [0.4, 0.5) is 5.95 Å². The minimum Gasteiger partial charge on any atom is -0.394 e. The summed E-state index contributed by atoms with van der Waals surface area (Å²) in [5, 5.41) is 12.4. The second-order valence-corrected chi connectivity index (χ2v) is 4.17. The Balaban J connectivity index is 1.92. The highest BCUT2D eigenvalue weighted by Crippen LogP contribution is 2.37. The zero-order valence-corrected chi connectivity index (χ0v) is 8.33. The van der Waals surface area contributed by atoms with E-state index in [0.29, 0.717) is 0 Å². The van der Waals surface area contributed by atoms with Gasteiger partial charge in [0.05, 0.1) is 23.2 Å². The summed E-state index contributed by atoms with van der Waals surface area (Å²) < 4.78 is 0. The van der Waals surface area contributed by atoms with E-state index in [9.17, 15) is 5.11 Å². The Morgan fingerprint density at radius 3 is 2.87 bits per heavy atom. The van der Waals surface area contributed by atoms with Crippen LogP contribution in [0.1, 0.15) is 12.8 Å². The molecular weight excluding hydrogens is 190 g/mol. The fourth-order valence-electron chi connectivity index (χ4n) is 1.74. The van der Waals surface area contributed by atoms with Crippen molar-refractivity contribution in [1.82, 2.24) is 9.97 Å². The Morgan fingerprint density at radius 1 is 1.40 bits per heavy atom.